The molecular weight excluding hydrogens is 422 g/mol. The van der Waals surface area contributed by atoms with Gasteiger partial charge in [0.25, 0.3) is 5.91 Å². The topological polar surface area (TPSA) is 78.0 Å². The monoisotopic (exact) mass is 447 g/mol. The number of carbonyl (C=O) groups excluding carboxylic acids is 2. The van der Waals surface area contributed by atoms with Crippen LogP contribution in [0.2, 0.25) is 0 Å². The number of nitrogens with zero attached hydrogens (tertiary/aromatic N) is 3. The van der Waals surface area contributed by atoms with E-state index in [1.807, 2.05) is 5.38 Å². The number of sulfonamides is 1. The van der Waals surface area contributed by atoms with Crippen LogP contribution in [0.3, 0.4) is 0 Å². The number of piperidine rings is 1. The molecular formula is C21H25N3O4S2. The van der Waals surface area contributed by atoms with Gasteiger partial charge in [0, 0.05) is 32.4 Å². The van der Waals surface area contributed by atoms with E-state index in [0.717, 1.165) is 30.5 Å². The molecule has 1 aromatic carbocycles. The molecule has 30 heavy (non-hydrogen) atoms. The minimum atomic E-state index is -3.50. The Balaban J connectivity index is 1.48. The summed E-state index contributed by atoms with van der Waals surface area (Å²) in [5.74, 6) is -0.353. The van der Waals surface area contributed by atoms with Crippen molar-refractivity contribution in [2.45, 2.75) is 30.6 Å². The third-order valence-electron chi connectivity index (χ3n) is 5.65. The molecule has 160 valence electrons. The Morgan fingerprint density at radius 1 is 1.10 bits per heavy atom. The van der Waals surface area contributed by atoms with E-state index in [9.17, 15) is 18.0 Å². The first-order valence-electron chi connectivity index (χ1n) is 10.1. The molecule has 0 N–H and O–H groups in total. The molecule has 0 saturated carbocycles. The average Bonchev–Trinajstić information content (AvgIpc) is 3.43. The lowest BCUT2D eigenvalue weighted by molar-refractivity contribution is -0.119. The van der Waals surface area contributed by atoms with Crippen molar-refractivity contribution in [1.82, 2.24) is 9.21 Å². The summed E-state index contributed by atoms with van der Waals surface area (Å²) in [6, 6.07) is 8.56. The normalized spacial score (nSPS) is 17.0. The molecule has 0 atom stereocenters. The fourth-order valence-corrected chi connectivity index (χ4v) is 6.29. The van der Waals surface area contributed by atoms with Gasteiger partial charge in [-0.1, -0.05) is 12.5 Å². The van der Waals surface area contributed by atoms with Gasteiger partial charge in [0.15, 0.2) is 0 Å². The van der Waals surface area contributed by atoms with Crippen molar-refractivity contribution in [3.63, 3.8) is 0 Å². The zero-order valence-corrected chi connectivity index (χ0v) is 18.5. The summed E-state index contributed by atoms with van der Waals surface area (Å²) in [6.07, 6.45) is 3.46. The number of rotatable bonds is 5. The van der Waals surface area contributed by atoms with Gasteiger partial charge in [0.1, 0.15) is 6.54 Å². The number of thiophene rings is 1. The van der Waals surface area contributed by atoms with Crippen molar-refractivity contribution in [2.75, 3.05) is 38.1 Å². The molecule has 3 heterocycles. The number of amides is 2. The molecule has 2 amide bonds. The highest BCUT2D eigenvalue weighted by Gasteiger charge is 2.30. The van der Waals surface area contributed by atoms with E-state index >= 15 is 0 Å². The fraction of sp³-hybridized carbons (Fsp3) is 0.429. The van der Waals surface area contributed by atoms with Crippen molar-refractivity contribution >= 4 is 38.9 Å². The summed E-state index contributed by atoms with van der Waals surface area (Å²) in [5, 5.41) is 1.83. The number of fused-ring (bicyclic) bond motifs is 1. The molecule has 9 heteroatoms. The van der Waals surface area contributed by atoms with E-state index in [1.165, 1.54) is 16.2 Å². The van der Waals surface area contributed by atoms with E-state index in [0.29, 0.717) is 35.8 Å². The molecule has 2 aliphatic rings. The standard InChI is InChI=1S/C21H25N3O4S2/c1-22(21(26)19-6-5-13-29-19)15-20(25)24-12-9-16-14-17(7-8-18(16)24)30(27,28)23-10-3-2-4-11-23/h5-8,13-14H,2-4,9-12,15H2,1H3. The lowest BCUT2D eigenvalue weighted by Crippen LogP contribution is -2.40. The van der Waals surface area contributed by atoms with Gasteiger partial charge in [0.2, 0.25) is 15.9 Å². The van der Waals surface area contributed by atoms with Crippen LogP contribution >= 0.6 is 11.3 Å². The molecule has 2 aromatic rings. The lowest BCUT2D eigenvalue weighted by Gasteiger charge is -2.26. The van der Waals surface area contributed by atoms with Gasteiger partial charge in [0.05, 0.1) is 9.77 Å². The van der Waals surface area contributed by atoms with Crippen molar-refractivity contribution in [3.8, 4) is 0 Å². The van der Waals surface area contributed by atoms with Gasteiger partial charge in [-0.05, 0) is 54.5 Å². The van der Waals surface area contributed by atoms with Crippen LogP contribution in [0.4, 0.5) is 5.69 Å². The highest BCUT2D eigenvalue weighted by molar-refractivity contribution is 7.89. The van der Waals surface area contributed by atoms with Crippen LogP contribution in [0.1, 0.15) is 34.5 Å². The van der Waals surface area contributed by atoms with Crippen LogP contribution in [0.25, 0.3) is 0 Å². The Kier molecular flexibility index (Phi) is 5.95. The first kappa shape index (κ1) is 21.0. The molecule has 1 fully saturated rings. The number of hydrogen-bond donors (Lipinski definition) is 0. The van der Waals surface area contributed by atoms with E-state index in [4.69, 9.17) is 0 Å². The molecule has 2 aliphatic heterocycles. The second-order valence-corrected chi connectivity index (χ2v) is 10.6. The zero-order chi connectivity index (χ0) is 21.3. The SMILES string of the molecule is CN(CC(=O)N1CCc2cc(S(=O)(=O)N3CCCCC3)ccc21)C(=O)c1cccs1. The van der Waals surface area contributed by atoms with Crippen LogP contribution in [-0.4, -0.2) is 62.7 Å². The minimum Gasteiger partial charge on any atom is -0.332 e. The highest BCUT2D eigenvalue weighted by Crippen LogP contribution is 2.32. The number of anilines is 1. The molecule has 1 saturated heterocycles. The Morgan fingerprint density at radius 2 is 1.87 bits per heavy atom. The van der Waals surface area contributed by atoms with Gasteiger partial charge < -0.3 is 9.80 Å². The number of hydrogen-bond acceptors (Lipinski definition) is 5. The number of benzene rings is 1. The van der Waals surface area contributed by atoms with Crippen LogP contribution in [-0.2, 0) is 21.2 Å². The van der Waals surface area contributed by atoms with Gasteiger partial charge in [-0.25, -0.2) is 8.42 Å². The maximum absolute atomic E-state index is 12.9. The highest BCUT2D eigenvalue weighted by atomic mass is 32.2. The maximum atomic E-state index is 12.9. The van der Waals surface area contributed by atoms with E-state index < -0.39 is 10.0 Å². The minimum absolute atomic E-state index is 0.0238. The Bertz CT molecular complexity index is 1040. The molecule has 7 nitrogen and oxygen atoms in total. The quantitative estimate of drug-likeness (QED) is 0.706. The molecule has 4 rings (SSSR count). The number of likely N-dealkylation sites (N-methyl/N-ethyl adjacent to an activating group) is 1. The number of carbonyl (C=O) groups is 2. The van der Waals surface area contributed by atoms with Gasteiger partial charge in [-0.15, -0.1) is 11.3 Å². The van der Waals surface area contributed by atoms with E-state index in [1.54, 1.807) is 46.6 Å². The summed E-state index contributed by atoms with van der Waals surface area (Å²) < 4.78 is 27.4. The molecule has 0 aliphatic carbocycles. The lowest BCUT2D eigenvalue weighted by atomic mass is 10.2. The zero-order valence-electron chi connectivity index (χ0n) is 16.9. The summed E-state index contributed by atoms with van der Waals surface area (Å²) >= 11 is 1.35. The van der Waals surface area contributed by atoms with Gasteiger partial charge in [-0.2, -0.15) is 4.31 Å². The Labute approximate surface area is 180 Å². The van der Waals surface area contributed by atoms with Gasteiger partial charge in [-0.3, -0.25) is 9.59 Å². The predicted octanol–water partition coefficient (Wildman–Crippen LogP) is 2.58. The van der Waals surface area contributed by atoms with Crippen LogP contribution in [0.15, 0.2) is 40.6 Å². The van der Waals surface area contributed by atoms with Crippen LogP contribution in [0, 0.1) is 0 Å². The molecule has 1 aromatic heterocycles. The van der Waals surface area contributed by atoms with Crippen molar-refractivity contribution in [1.29, 1.82) is 0 Å². The second kappa shape index (κ2) is 8.49. The maximum Gasteiger partial charge on any atom is 0.264 e. The Hall–Kier alpha value is -2.23. The predicted molar refractivity (Wildman–Crippen MR) is 116 cm³/mol. The summed E-state index contributed by atoms with van der Waals surface area (Å²) in [6.45, 7) is 1.59. The van der Waals surface area contributed by atoms with Crippen molar-refractivity contribution in [3.05, 3.63) is 46.2 Å². The van der Waals surface area contributed by atoms with Gasteiger partial charge >= 0.3 is 0 Å². The third kappa shape index (κ3) is 4.01. The largest absolute Gasteiger partial charge is 0.332 e. The smallest absolute Gasteiger partial charge is 0.264 e. The Morgan fingerprint density at radius 3 is 2.57 bits per heavy atom. The molecule has 0 bridgehead atoms. The molecule has 0 spiro atoms. The summed E-state index contributed by atoms with van der Waals surface area (Å²) in [5.41, 5.74) is 1.59. The van der Waals surface area contributed by atoms with Crippen LogP contribution in [0.5, 0.6) is 0 Å². The van der Waals surface area contributed by atoms with E-state index in [-0.39, 0.29) is 18.4 Å². The van der Waals surface area contributed by atoms with E-state index in [2.05, 4.69) is 0 Å². The second-order valence-electron chi connectivity index (χ2n) is 7.69. The first-order chi connectivity index (χ1) is 14.4. The van der Waals surface area contributed by atoms with Crippen molar-refractivity contribution in [2.24, 2.45) is 0 Å². The van der Waals surface area contributed by atoms with Crippen LogP contribution < -0.4 is 4.90 Å². The third-order valence-corrected chi connectivity index (χ3v) is 8.40. The average molecular weight is 448 g/mol. The van der Waals surface area contributed by atoms with Crippen molar-refractivity contribution < 1.29 is 18.0 Å². The summed E-state index contributed by atoms with van der Waals surface area (Å²) in [7, 11) is -1.88. The first-order valence-corrected chi connectivity index (χ1v) is 12.4. The molecule has 0 unspecified atom stereocenters. The molecule has 0 radical (unpaired) electrons. The fourth-order valence-electron chi connectivity index (χ4n) is 4.00. The summed E-state index contributed by atoms with van der Waals surface area (Å²) in [4.78, 5) is 29.2.